The third-order valence-corrected chi connectivity index (χ3v) is 2.92. The number of hydrogen-bond acceptors (Lipinski definition) is 2. The minimum absolute atomic E-state index is 1.24. The van der Waals surface area contributed by atoms with E-state index in [1.807, 2.05) is 0 Å². The van der Waals surface area contributed by atoms with Crippen LogP contribution in [0.4, 0.5) is 0 Å². The first-order valence-corrected chi connectivity index (χ1v) is 7.16. The van der Waals surface area contributed by atoms with Crippen molar-refractivity contribution in [3.8, 4) is 6.19 Å². The summed E-state index contributed by atoms with van der Waals surface area (Å²) >= 11 is 0. The highest BCUT2D eigenvalue weighted by atomic mass is 14.9. The van der Waals surface area contributed by atoms with Gasteiger partial charge in [-0.15, -0.1) is 6.01 Å². The molecule has 4 nitrogen and oxygen atoms in total. The molecule has 1 heterocycles. The summed E-state index contributed by atoms with van der Waals surface area (Å²) in [4.78, 5) is 2.58. The van der Waals surface area contributed by atoms with Gasteiger partial charge in [-0.25, -0.2) is 4.57 Å². The Labute approximate surface area is 122 Å². The molecule has 0 fully saturated rings. The van der Waals surface area contributed by atoms with Gasteiger partial charge in [0.2, 0.25) is 0 Å². The van der Waals surface area contributed by atoms with E-state index in [1.54, 1.807) is 0 Å². The smallest absolute Gasteiger partial charge is 0.171 e. The zero-order chi connectivity index (χ0) is 15.1. The molecule has 1 aromatic rings. The van der Waals surface area contributed by atoms with E-state index in [0.717, 1.165) is 0 Å². The van der Waals surface area contributed by atoms with E-state index in [1.165, 1.54) is 62.7 Å². The molecule has 1 rings (SSSR count). The highest BCUT2D eigenvalue weighted by Crippen LogP contribution is 2.08. The normalized spacial score (nSPS) is 8.85. The van der Waals surface area contributed by atoms with Crippen molar-refractivity contribution in [3.05, 3.63) is 35.5 Å². The second-order valence-corrected chi connectivity index (χ2v) is 4.71. The average molecular weight is 272 g/mol. The molecule has 0 N–H and O–H groups in total. The lowest BCUT2D eigenvalue weighted by Gasteiger charge is -2.00. The Morgan fingerprint density at radius 2 is 1.95 bits per heavy atom. The first-order valence-electron chi connectivity index (χ1n) is 7.16. The molecule has 0 saturated heterocycles. The van der Waals surface area contributed by atoms with E-state index in [-0.39, 0.29) is 0 Å². The Kier molecular flexibility index (Phi) is 12.1. The fraction of sp³-hybridized carbons (Fsp3) is 0.562. The SMILES string of the molecule is CCCCCCCCc1ccc[n+](C)c1.N#CN=C=[N-]. The van der Waals surface area contributed by atoms with E-state index in [9.17, 15) is 0 Å². The molecule has 0 bridgehead atoms. The summed E-state index contributed by atoms with van der Waals surface area (Å²) in [5.41, 5.74) is 1.47. The van der Waals surface area contributed by atoms with Crippen LogP contribution in [-0.4, -0.2) is 6.01 Å². The summed E-state index contributed by atoms with van der Waals surface area (Å²) < 4.78 is 2.13. The fourth-order valence-electron chi connectivity index (χ4n) is 1.93. The van der Waals surface area contributed by atoms with Gasteiger partial charge in [0.05, 0.1) is 6.19 Å². The lowest BCUT2D eigenvalue weighted by atomic mass is 10.1. The van der Waals surface area contributed by atoms with Gasteiger partial charge in [0.15, 0.2) is 12.4 Å². The van der Waals surface area contributed by atoms with Gasteiger partial charge < -0.3 is 10.4 Å². The number of unbranched alkanes of at least 4 members (excludes halogenated alkanes) is 5. The highest BCUT2D eigenvalue weighted by molar-refractivity contribution is 5.46. The summed E-state index contributed by atoms with van der Waals surface area (Å²) in [6, 6.07) is 5.64. The molecule has 0 aliphatic rings. The van der Waals surface area contributed by atoms with Gasteiger partial charge in [-0.2, -0.15) is 5.26 Å². The standard InChI is InChI=1S/C14H24N.C2N3/c1-3-4-5-6-7-8-10-14-11-9-12-15(2)13-14;3-1-5-2-4/h9,11-13H,3-8,10H2,1-2H3;/q+1;-1. The molecule has 0 spiro atoms. The number of nitrogens with zero attached hydrogens (tertiary/aromatic N) is 4. The van der Waals surface area contributed by atoms with Crippen LogP contribution in [0.5, 0.6) is 0 Å². The van der Waals surface area contributed by atoms with Crippen molar-refractivity contribution in [2.75, 3.05) is 0 Å². The van der Waals surface area contributed by atoms with Crippen LogP contribution < -0.4 is 4.57 Å². The molecule has 0 aliphatic heterocycles. The van der Waals surface area contributed by atoms with Crippen molar-refractivity contribution < 1.29 is 4.57 Å². The summed E-state index contributed by atoms with van der Waals surface area (Å²) in [6.45, 7) is 2.27. The third-order valence-electron chi connectivity index (χ3n) is 2.92. The number of aliphatic imine (C=N–C) groups is 1. The molecule has 0 unspecified atom stereocenters. The lowest BCUT2D eigenvalue weighted by molar-refractivity contribution is -0.671. The van der Waals surface area contributed by atoms with Gasteiger partial charge in [-0.3, -0.25) is 0 Å². The van der Waals surface area contributed by atoms with E-state index in [4.69, 9.17) is 10.7 Å². The van der Waals surface area contributed by atoms with Crippen LogP contribution in [0.1, 0.15) is 51.0 Å². The topological polar surface area (TPSA) is 62.3 Å². The predicted octanol–water partition coefficient (Wildman–Crippen LogP) is 3.62. The van der Waals surface area contributed by atoms with E-state index in [0.29, 0.717) is 0 Å². The van der Waals surface area contributed by atoms with Crippen molar-refractivity contribution in [1.29, 1.82) is 5.26 Å². The summed E-state index contributed by atoms with van der Waals surface area (Å²) in [5, 5.41) is 14.9. The van der Waals surface area contributed by atoms with Gasteiger partial charge in [0.1, 0.15) is 7.05 Å². The predicted molar refractivity (Wildman–Crippen MR) is 81.1 cm³/mol. The Morgan fingerprint density at radius 3 is 2.50 bits per heavy atom. The van der Waals surface area contributed by atoms with Crippen LogP contribution in [-0.2, 0) is 13.5 Å². The Morgan fingerprint density at radius 1 is 1.25 bits per heavy atom. The van der Waals surface area contributed by atoms with E-state index < -0.39 is 0 Å². The number of aromatic nitrogens is 1. The van der Waals surface area contributed by atoms with Crippen molar-refractivity contribution in [2.24, 2.45) is 12.0 Å². The maximum absolute atomic E-state index is 7.43. The zero-order valence-electron chi connectivity index (χ0n) is 12.5. The van der Waals surface area contributed by atoms with Gasteiger partial charge >= 0.3 is 0 Å². The maximum atomic E-state index is 7.43. The number of rotatable bonds is 7. The maximum Gasteiger partial charge on any atom is 0.171 e. The largest absolute Gasteiger partial charge is 0.422 e. The van der Waals surface area contributed by atoms with Crippen LogP contribution in [0, 0.1) is 11.5 Å². The molecular formula is C16H24N4. The molecule has 108 valence electrons. The highest BCUT2D eigenvalue weighted by Gasteiger charge is 1.97. The van der Waals surface area contributed by atoms with Crippen LogP contribution in [0.15, 0.2) is 29.5 Å². The van der Waals surface area contributed by atoms with E-state index in [2.05, 4.69) is 48.1 Å². The van der Waals surface area contributed by atoms with Gasteiger partial charge in [0, 0.05) is 11.6 Å². The van der Waals surface area contributed by atoms with Gasteiger partial charge in [-0.1, -0.05) is 39.0 Å². The van der Waals surface area contributed by atoms with Crippen LogP contribution >= 0.6 is 0 Å². The Balaban J connectivity index is 0.000000621. The fourth-order valence-corrected chi connectivity index (χ4v) is 1.93. The van der Waals surface area contributed by atoms with Gasteiger partial charge in [-0.05, 0) is 18.9 Å². The second-order valence-electron chi connectivity index (χ2n) is 4.71. The average Bonchev–Trinajstić information content (AvgIpc) is 2.44. The van der Waals surface area contributed by atoms with Crippen LogP contribution in [0.3, 0.4) is 0 Å². The first kappa shape index (κ1) is 18.0. The molecule has 1 aromatic heterocycles. The third kappa shape index (κ3) is 11.1. The minimum atomic E-state index is 1.24. The Bertz CT molecular complexity index is 442. The number of aryl methyl sites for hydroxylation is 2. The molecule has 20 heavy (non-hydrogen) atoms. The molecule has 0 aliphatic carbocycles. The van der Waals surface area contributed by atoms with Crippen molar-refractivity contribution in [3.63, 3.8) is 0 Å². The molecule has 0 saturated carbocycles. The first-order chi connectivity index (χ1) is 9.74. The number of nitriles is 1. The van der Waals surface area contributed by atoms with Gasteiger partial charge in [0.25, 0.3) is 0 Å². The molecular weight excluding hydrogens is 248 g/mol. The summed E-state index contributed by atoms with van der Waals surface area (Å²) in [7, 11) is 2.09. The lowest BCUT2D eigenvalue weighted by Crippen LogP contribution is -2.26. The van der Waals surface area contributed by atoms with Crippen LogP contribution in [0.2, 0.25) is 0 Å². The van der Waals surface area contributed by atoms with Crippen LogP contribution in [0.25, 0.3) is 5.41 Å². The molecule has 0 aromatic carbocycles. The molecule has 0 amide bonds. The summed E-state index contributed by atoms with van der Waals surface area (Å²) in [6.07, 6.45) is 15.1. The van der Waals surface area contributed by atoms with E-state index >= 15 is 0 Å². The Hall–Kier alpha value is -1.98. The number of hydrogen-bond donors (Lipinski definition) is 0. The minimum Gasteiger partial charge on any atom is -0.422 e. The van der Waals surface area contributed by atoms with Crippen molar-refractivity contribution >= 4 is 6.01 Å². The van der Waals surface area contributed by atoms with Crippen molar-refractivity contribution in [1.82, 2.24) is 0 Å². The zero-order valence-corrected chi connectivity index (χ0v) is 12.5. The summed E-state index contributed by atoms with van der Waals surface area (Å²) in [5.74, 6) is 0. The second kappa shape index (κ2) is 13.5. The monoisotopic (exact) mass is 272 g/mol. The molecule has 0 radical (unpaired) electrons. The number of pyridine rings is 1. The molecule has 0 atom stereocenters. The quantitative estimate of drug-likeness (QED) is 0.323. The van der Waals surface area contributed by atoms with Crippen molar-refractivity contribution in [2.45, 2.75) is 51.9 Å². The molecule has 4 heteroatoms.